The number of aryl methyl sites for hydroxylation is 2. The highest BCUT2D eigenvalue weighted by molar-refractivity contribution is 5.94. The molecule has 6 nitrogen and oxygen atoms in total. The summed E-state index contributed by atoms with van der Waals surface area (Å²) in [5.41, 5.74) is 3.96. The largest absolute Gasteiger partial charge is 0.346 e. The van der Waals surface area contributed by atoms with Crippen LogP contribution in [0.15, 0.2) is 48.8 Å². The zero-order chi connectivity index (χ0) is 20.4. The molecular weight excluding hydrogens is 405 g/mol. The fourth-order valence-electron chi connectivity index (χ4n) is 3.99. The van der Waals surface area contributed by atoms with Crippen molar-refractivity contribution >= 4 is 18.3 Å². The predicted molar refractivity (Wildman–Crippen MR) is 116 cm³/mol. The Kier molecular flexibility index (Phi) is 6.84. The van der Waals surface area contributed by atoms with Gasteiger partial charge in [0.25, 0.3) is 5.91 Å². The maximum atomic E-state index is 13.7. The normalized spacial score (nSPS) is 18.5. The second kappa shape index (κ2) is 9.36. The van der Waals surface area contributed by atoms with Gasteiger partial charge < -0.3 is 10.6 Å². The van der Waals surface area contributed by atoms with Crippen LogP contribution < -0.4 is 10.6 Å². The van der Waals surface area contributed by atoms with Gasteiger partial charge in [0.1, 0.15) is 11.5 Å². The third-order valence-electron chi connectivity index (χ3n) is 5.49. The first-order chi connectivity index (χ1) is 14.0. The van der Waals surface area contributed by atoms with Crippen molar-refractivity contribution in [1.29, 1.82) is 0 Å². The Bertz CT molecular complexity index is 1040. The van der Waals surface area contributed by atoms with Crippen LogP contribution in [0, 0.1) is 12.7 Å². The number of nitrogens with one attached hydrogen (secondary N) is 2. The minimum absolute atomic E-state index is 0. The summed E-state index contributed by atoms with van der Waals surface area (Å²) < 4.78 is 15.5. The van der Waals surface area contributed by atoms with Gasteiger partial charge in [-0.2, -0.15) is 5.10 Å². The Balaban J connectivity index is 0.00000256. The molecule has 0 bridgehead atoms. The van der Waals surface area contributed by atoms with Crippen molar-refractivity contribution in [3.8, 4) is 11.3 Å². The van der Waals surface area contributed by atoms with Crippen LogP contribution in [0.1, 0.15) is 34.0 Å². The van der Waals surface area contributed by atoms with E-state index in [1.54, 1.807) is 29.2 Å². The van der Waals surface area contributed by atoms with Gasteiger partial charge >= 0.3 is 0 Å². The van der Waals surface area contributed by atoms with Gasteiger partial charge in [-0.1, -0.05) is 12.1 Å². The highest BCUT2D eigenvalue weighted by atomic mass is 35.5. The minimum Gasteiger partial charge on any atom is -0.346 e. The molecule has 0 spiro atoms. The average Bonchev–Trinajstić information content (AvgIpc) is 3.14. The summed E-state index contributed by atoms with van der Waals surface area (Å²) >= 11 is 0. The molecule has 0 radical (unpaired) electrons. The zero-order valence-electron chi connectivity index (χ0n) is 16.9. The minimum atomic E-state index is -0.255. The molecule has 2 N–H and O–H groups in total. The molecule has 0 aliphatic carbocycles. The topological polar surface area (TPSA) is 71.8 Å². The molecule has 1 aliphatic heterocycles. The van der Waals surface area contributed by atoms with Crippen molar-refractivity contribution in [2.75, 3.05) is 13.1 Å². The van der Waals surface area contributed by atoms with Crippen molar-refractivity contribution in [3.05, 3.63) is 71.4 Å². The van der Waals surface area contributed by atoms with E-state index in [1.807, 2.05) is 32.2 Å². The first kappa shape index (κ1) is 21.9. The lowest BCUT2D eigenvalue weighted by Gasteiger charge is -2.33. The van der Waals surface area contributed by atoms with E-state index in [1.165, 1.54) is 6.07 Å². The predicted octanol–water partition coefficient (Wildman–Crippen LogP) is 3.23. The molecular formula is C22H25ClFN5O. The summed E-state index contributed by atoms with van der Waals surface area (Å²) in [6, 6.07) is 10.4. The number of benzene rings is 1. The molecule has 8 heteroatoms. The molecule has 158 valence electrons. The quantitative estimate of drug-likeness (QED) is 0.668. The number of hydrogen-bond donors (Lipinski definition) is 2. The fraction of sp³-hybridized carbons (Fsp3) is 0.318. The maximum absolute atomic E-state index is 13.7. The number of piperidine rings is 1. The lowest BCUT2D eigenvalue weighted by molar-refractivity contribution is 0.0918. The Morgan fingerprint density at radius 2 is 2.13 bits per heavy atom. The van der Waals surface area contributed by atoms with E-state index in [4.69, 9.17) is 0 Å². The lowest BCUT2D eigenvalue weighted by Crippen LogP contribution is -2.50. The van der Waals surface area contributed by atoms with Crippen LogP contribution in [0.3, 0.4) is 0 Å². The summed E-state index contributed by atoms with van der Waals surface area (Å²) in [5.74, 6) is -0.409. The Morgan fingerprint density at radius 1 is 1.30 bits per heavy atom. The van der Waals surface area contributed by atoms with Crippen molar-refractivity contribution in [2.24, 2.45) is 7.05 Å². The second-order valence-electron chi connectivity index (χ2n) is 7.46. The molecule has 0 unspecified atom stereocenters. The molecule has 3 heterocycles. The zero-order valence-corrected chi connectivity index (χ0v) is 17.7. The Morgan fingerprint density at radius 3 is 2.83 bits per heavy atom. The molecule has 4 rings (SSSR count). The summed E-state index contributed by atoms with van der Waals surface area (Å²) in [5, 5.41) is 10.6. The number of rotatable bonds is 4. The van der Waals surface area contributed by atoms with E-state index < -0.39 is 0 Å². The summed E-state index contributed by atoms with van der Waals surface area (Å²) in [4.78, 5) is 17.4. The third kappa shape index (κ3) is 4.52. The Hall–Kier alpha value is -2.77. The monoisotopic (exact) mass is 429 g/mol. The van der Waals surface area contributed by atoms with Gasteiger partial charge in [0.2, 0.25) is 0 Å². The molecule has 1 saturated heterocycles. The number of pyridine rings is 1. The summed E-state index contributed by atoms with van der Waals surface area (Å²) in [6.45, 7) is 3.36. The number of nitrogens with zero attached hydrogens (tertiary/aromatic N) is 3. The SMILES string of the molecule is Cc1cc(-c2ccnn2C)cnc1C(=O)N[C@@H]1CNCC[C@H]1c1cccc(F)c1.Cl. The van der Waals surface area contributed by atoms with Crippen LogP contribution in [0.2, 0.25) is 0 Å². The molecule has 1 fully saturated rings. The Labute approximate surface area is 181 Å². The van der Waals surface area contributed by atoms with Gasteiger partial charge in [-0.25, -0.2) is 4.39 Å². The van der Waals surface area contributed by atoms with Gasteiger partial charge in [0.15, 0.2) is 0 Å². The van der Waals surface area contributed by atoms with E-state index in [-0.39, 0.29) is 36.1 Å². The number of aromatic nitrogens is 3. The van der Waals surface area contributed by atoms with Gasteiger partial charge in [0.05, 0.1) is 5.69 Å². The van der Waals surface area contributed by atoms with Crippen LogP contribution in [0.4, 0.5) is 4.39 Å². The first-order valence-corrected chi connectivity index (χ1v) is 9.75. The number of carbonyl (C=O) groups is 1. The molecule has 2 aromatic heterocycles. The number of hydrogen-bond acceptors (Lipinski definition) is 4. The number of carbonyl (C=O) groups excluding carboxylic acids is 1. The van der Waals surface area contributed by atoms with E-state index in [0.29, 0.717) is 12.2 Å². The fourth-order valence-corrected chi connectivity index (χ4v) is 3.99. The van der Waals surface area contributed by atoms with Crippen molar-refractivity contribution in [2.45, 2.75) is 25.3 Å². The van der Waals surface area contributed by atoms with E-state index in [0.717, 1.165) is 35.3 Å². The first-order valence-electron chi connectivity index (χ1n) is 9.75. The van der Waals surface area contributed by atoms with E-state index in [9.17, 15) is 9.18 Å². The molecule has 2 atom stereocenters. The highest BCUT2D eigenvalue weighted by Crippen LogP contribution is 2.27. The average molecular weight is 430 g/mol. The van der Waals surface area contributed by atoms with Crippen LogP contribution in [-0.2, 0) is 7.05 Å². The van der Waals surface area contributed by atoms with Crippen LogP contribution >= 0.6 is 12.4 Å². The smallest absolute Gasteiger partial charge is 0.270 e. The number of halogens is 2. The molecule has 1 aromatic carbocycles. The standard InChI is InChI=1S/C22H24FN5O.ClH/c1-14-10-16(20-7-9-26-28(20)2)12-25-21(14)22(29)27-19-13-24-8-6-18(19)15-4-3-5-17(23)11-15;/h3-5,7,9-12,18-19,24H,6,8,13H2,1-2H3,(H,27,29);1H/t18-,19+;/m0./s1. The summed E-state index contributed by atoms with van der Waals surface area (Å²) in [6.07, 6.45) is 4.26. The van der Waals surface area contributed by atoms with E-state index >= 15 is 0 Å². The van der Waals surface area contributed by atoms with Crippen molar-refractivity contribution < 1.29 is 9.18 Å². The number of amides is 1. The van der Waals surface area contributed by atoms with E-state index in [2.05, 4.69) is 20.7 Å². The maximum Gasteiger partial charge on any atom is 0.270 e. The molecule has 30 heavy (non-hydrogen) atoms. The molecule has 1 aliphatic rings. The molecule has 3 aromatic rings. The van der Waals surface area contributed by atoms with Gasteiger partial charge in [-0.3, -0.25) is 14.5 Å². The van der Waals surface area contributed by atoms with Gasteiger partial charge in [-0.15, -0.1) is 12.4 Å². The van der Waals surface area contributed by atoms with Crippen molar-refractivity contribution in [3.63, 3.8) is 0 Å². The van der Waals surface area contributed by atoms with Crippen LogP contribution in [0.25, 0.3) is 11.3 Å². The molecule has 0 saturated carbocycles. The van der Waals surface area contributed by atoms with Gasteiger partial charge in [-0.05, 0) is 55.3 Å². The summed E-state index contributed by atoms with van der Waals surface area (Å²) in [7, 11) is 1.87. The van der Waals surface area contributed by atoms with Crippen LogP contribution in [0.5, 0.6) is 0 Å². The third-order valence-corrected chi connectivity index (χ3v) is 5.49. The lowest BCUT2D eigenvalue weighted by atomic mass is 9.86. The molecule has 1 amide bonds. The second-order valence-corrected chi connectivity index (χ2v) is 7.46. The van der Waals surface area contributed by atoms with Crippen molar-refractivity contribution in [1.82, 2.24) is 25.4 Å². The highest BCUT2D eigenvalue weighted by Gasteiger charge is 2.29. The van der Waals surface area contributed by atoms with Crippen LogP contribution in [-0.4, -0.2) is 39.8 Å². The van der Waals surface area contributed by atoms with Gasteiger partial charge in [0, 0.05) is 43.5 Å².